The number of rotatable bonds is 7. The molecular weight excluding hydrogens is 455 g/mol. The van der Waals surface area contributed by atoms with Gasteiger partial charge in [0, 0.05) is 11.3 Å². The van der Waals surface area contributed by atoms with E-state index in [-0.39, 0.29) is 10.6 Å². The smallest absolute Gasteiger partial charge is 0.294 e. The number of anilines is 1. The Balaban J connectivity index is 1.44. The van der Waals surface area contributed by atoms with Gasteiger partial charge in [0.2, 0.25) is 5.91 Å². The number of carbonyl (C=O) groups excluding carboxylic acids is 3. The molecule has 34 heavy (non-hydrogen) atoms. The standard InChI is InChI=1S/C26H21FN2O4S/c1-17-9-11-18(12-10-17)16-33-22-8-3-2-5-19(22)13-23-25(31)29(26(32)34-23)15-24(30)28-21-7-4-6-20(27)14-21/h2-14H,15-16H2,1H3,(H,28,30)/b23-13+. The van der Waals surface area contributed by atoms with Gasteiger partial charge in [0.25, 0.3) is 11.1 Å². The normalized spacial score (nSPS) is 14.5. The number of hydrogen-bond donors (Lipinski definition) is 1. The second-order valence-electron chi connectivity index (χ2n) is 7.64. The minimum Gasteiger partial charge on any atom is -0.488 e. The molecule has 4 rings (SSSR count). The Morgan fingerprint density at radius 3 is 2.59 bits per heavy atom. The summed E-state index contributed by atoms with van der Waals surface area (Å²) in [4.78, 5) is 38.6. The number of nitrogens with one attached hydrogen (secondary N) is 1. The van der Waals surface area contributed by atoms with Crippen LogP contribution >= 0.6 is 11.8 Å². The van der Waals surface area contributed by atoms with Crippen molar-refractivity contribution < 1.29 is 23.5 Å². The minimum absolute atomic E-state index is 0.190. The highest BCUT2D eigenvalue weighted by atomic mass is 32.2. The first-order valence-corrected chi connectivity index (χ1v) is 11.3. The van der Waals surface area contributed by atoms with E-state index in [4.69, 9.17) is 4.74 Å². The molecule has 1 fully saturated rings. The molecule has 1 aliphatic heterocycles. The molecule has 6 nitrogen and oxygen atoms in total. The Labute approximate surface area is 200 Å². The highest BCUT2D eigenvalue weighted by molar-refractivity contribution is 8.18. The molecule has 0 unspecified atom stereocenters. The lowest BCUT2D eigenvalue weighted by Gasteiger charge is -2.12. The average molecular weight is 477 g/mol. The van der Waals surface area contributed by atoms with Gasteiger partial charge in [-0.3, -0.25) is 19.3 Å². The predicted octanol–water partition coefficient (Wildman–Crippen LogP) is 5.39. The molecule has 1 heterocycles. The van der Waals surface area contributed by atoms with E-state index >= 15 is 0 Å². The molecule has 1 N–H and O–H groups in total. The van der Waals surface area contributed by atoms with Crippen molar-refractivity contribution in [3.8, 4) is 5.75 Å². The number of thioether (sulfide) groups is 1. The van der Waals surface area contributed by atoms with Crippen LogP contribution < -0.4 is 10.1 Å². The SMILES string of the molecule is Cc1ccc(COc2ccccc2/C=C2/SC(=O)N(CC(=O)Nc3cccc(F)c3)C2=O)cc1. The molecule has 172 valence electrons. The van der Waals surface area contributed by atoms with Crippen LogP contribution in [-0.4, -0.2) is 28.5 Å². The maximum Gasteiger partial charge on any atom is 0.294 e. The molecule has 0 atom stereocenters. The number of para-hydroxylation sites is 1. The summed E-state index contributed by atoms with van der Waals surface area (Å²) in [6.07, 6.45) is 1.58. The molecule has 3 aromatic rings. The van der Waals surface area contributed by atoms with Crippen LogP contribution in [0.3, 0.4) is 0 Å². The molecule has 0 radical (unpaired) electrons. The Kier molecular flexibility index (Phi) is 7.08. The lowest BCUT2D eigenvalue weighted by Crippen LogP contribution is -2.36. The number of amides is 3. The van der Waals surface area contributed by atoms with E-state index in [1.807, 2.05) is 37.3 Å². The van der Waals surface area contributed by atoms with Crippen molar-refractivity contribution in [1.82, 2.24) is 4.90 Å². The Morgan fingerprint density at radius 2 is 1.82 bits per heavy atom. The first kappa shape index (κ1) is 23.3. The highest BCUT2D eigenvalue weighted by Gasteiger charge is 2.36. The quantitative estimate of drug-likeness (QED) is 0.463. The third-order valence-electron chi connectivity index (χ3n) is 5.00. The van der Waals surface area contributed by atoms with E-state index < -0.39 is 29.4 Å². The van der Waals surface area contributed by atoms with E-state index in [1.54, 1.807) is 24.3 Å². The van der Waals surface area contributed by atoms with Crippen molar-refractivity contribution in [2.45, 2.75) is 13.5 Å². The summed E-state index contributed by atoms with van der Waals surface area (Å²) >= 11 is 0.755. The molecule has 1 saturated heterocycles. The summed E-state index contributed by atoms with van der Waals surface area (Å²) in [5.74, 6) is -1.11. The second kappa shape index (κ2) is 10.4. The van der Waals surface area contributed by atoms with Gasteiger partial charge in [0.1, 0.15) is 24.7 Å². The number of benzene rings is 3. The third-order valence-corrected chi connectivity index (χ3v) is 5.91. The Hall–Kier alpha value is -3.91. The first-order valence-electron chi connectivity index (χ1n) is 10.5. The van der Waals surface area contributed by atoms with Gasteiger partial charge in [-0.1, -0.05) is 54.1 Å². The monoisotopic (exact) mass is 476 g/mol. The number of halogens is 1. The molecule has 8 heteroatoms. The van der Waals surface area contributed by atoms with Gasteiger partial charge < -0.3 is 10.1 Å². The van der Waals surface area contributed by atoms with Crippen molar-refractivity contribution in [2.75, 3.05) is 11.9 Å². The van der Waals surface area contributed by atoms with Gasteiger partial charge in [-0.2, -0.15) is 0 Å². The number of aryl methyl sites for hydroxylation is 1. The summed E-state index contributed by atoms with van der Waals surface area (Å²) in [5.41, 5.74) is 3.05. The van der Waals surface area contributed by atoms with E-state index in [0.29, 0.717) is 17.9 Å². The van der Waals surface area contributed by atoms with E-state index in [1.165, 1.54) is 18.2 Å². The van der Waals surface area contributed by atoms with E-state index in [9.17, 15) is 18.8 Å². The van der Waals surface area contributed by atoms with Gasteiger partial charge in [-0.05, 0) is 54.6 Å². The fraction of sp³-hybridized carbons (Fsp3) is 0.115. The summed E-state index contributed by atoms with van der Waals surface area (Å²) in [6, 6.07) is 20.6. The number of nitrogens with zero attached hydrogens (tertiary/aromatic N) is 1. The van der Waals surface area contributed by atoms with E-state index in [0.717, 1.165) is 33.9 Å². The van der Waals surface area contributed by atoms with Crippen molar-refractivity contribution in [3.05, 3.63) is 100 Å². The molecule has 0 aromatic heterocycles. The van der Waals surface area contributed by atoms with Crippen LogP contribution in [0.4, 0.5) is 14.9 Å². The zero-order valence-corrected chi connectivity index (χ0v) is 19.1. The van der Waals surface area contributed by atoms with Gasteiger partial charge in [-0.15, -0.1) is 0 Å². The lowest BCUT2D eigenvalue weighted by molar-refractivity contribution is -0.127. The average Bonchev–Trinajstić information content (AvgIpc) is 3.07. The third kappa shape index (κ3) is 5.71. The van der Waals surface area contributed by atoms with Crippen molar-refractivity contribution >= 4 is 40.6 Å². The zero-order chi connectivity index (χ0) is 24.1. The van der Waals surface area contributed by atoms with Gasteiger partial charge >= 0.3 is 0 Å². The van der Waals surface area contributed by atoms with E-state index in [2.05, 4.69) is 5.32 Å². The van der Waals surface area contributed by atoms with Gasteiger partial charge in [-0.25, -0.2) is 4.39 Å². The van der Waals surface area contributed by atoms with Crippen LogP contribution in [0.25, 0.3) is 6.08 Å². The maximum absolute atomic E-state index is 13.3. The zero-order valence-electron chi connectivity index (χ0n) is 18.3. The molecule has 3 aromatic carbocycles. The van der Waals surface area contributed by atoms with Crippen LogP contribution in [0.2, 0.25) is 0 Å². The van der Waals surface area contributed by atoms with Crippen LogP contribution in [0, 0.1) is 12.7 Å². The number of carbonyl (C=O) groups is 3. The second-order valence-corrected chi connectivity index (χ2v) is 8.63. The topological polar surface area (TPSA) is 75.7 Å². The Bertz CT molecular complexity index is 1270. The first-order chi connectivity index (χ1) is 16.4. The van der Waals surface area contributed by atoms with Crippen LogP contribution in [-0.2, 0) is 16.2 Å². The number of imide groups is 1. The van der Waals surface area contributed by atoms with Crippen molar-refractivity contribution in [1.29, 1.82) is 0 Å². The van der Waals surface area contributed by atoms with Crippen molar-refractivity contribution in [2.24, 2.45) is 0 Å². The van der Waals surface area contributed by atoms with Crippen LogP contribution in [0.1, 0.15) is 16.7 Å². The molecule has 3 amide bonds. The lowest BCUT2D eigenvalue weighted by atomic mass is 10.1. The molecular formula is C26H21FN2O4S. The highest BCUT2D eigenvalue weighted by Crippen LogP contribution is 2.34. The summed E-state index contributed by atoms with van der Waals surface area (Å²) < 4.78 is 19.3. The Morgan fingerprint density at radius 1 is 1.06 bits per heavy atom. The summed E-state index contributed by atoms with van der Waals surface area (Å²) in [7, 11) is 0. The number of ether oxygens (including phenoxy) is 1. The van der Waals surface area contributed by atoms with Crippen molar-refractivity contribution in [3.63, 3.8) is 0 Å². The maximum atomic E-state index is 13.3. The molecule has 0 saturated carbocycles. The predicted molar refractivity (Wildman–Crippen MR) is 130 cm³/mol. The summed E-state index contributed by atoms with van der Waals surface area (Å²) in [6.45, 7) is 1.90. The van der Waals surface area contributed by atoms with Gasteiger partial charge in [0.15, 0.2) is 0 Å². The van der Waals surface area contributed by atoms with Crippen LogP contribution in [0.5, 0.6) is 5.75 Å². The minimum atomic E-state index is -0.601. The fourth-order valence-corrected chi connectivity index (χ4v) is 4.09. The molecule has 0 spiro atoms. The molecule has 1 aliphatic rings. The molecule has 0 bridgehead atoms. The number of hydrogen-bond acceptors (Lipinski definition) is 5. The molecule has 0 aliphatic carbocycles. The van der Waals surface area contributed by atoms with Crippen LogP contribution in [0.15, 0.2) is 77.7 Å². The van der Waals surface area contributed by atoms with Gasteiger partial charge in [0.05, 0.1) is 4.91 Å². The fourth-order valence-electron chi connectivity index (χ4n) is 3.26. The largest absolute Gasteiger partial charge is 0.488 e. The summed E-state index contributed by atoms with van der Waals surface area (Å²) in [5, 5.41) is 1.93.